The molecule has 5 aliphatic rings. The van der Waals surface area contributed by atoms with Gasteiger partial charge in [0.25, 0.3) is 11.8 Å². The standard InChI is InChI=1S/C50H67N13O17S/c1-4-22(2)40-47(77)53-16-35(69)55-30-21-81(80)49-27(26-5-6-32(66)43(42(26)60-49)61-11-9-24(10-12-61)54-37(71)19-63-38(72)7-8-39(63)73)14-28(44(74)52-17-36(70)58-40)56-48(78)41(23(3)33(67)20-64)59-46(76)31-13-25(65)18-62(31)50(79)29(15-34(51)68)57-45(30)75/h5-8,22-25,28-31,33,40-41,60,64-67H,4,9-21H2,1-3H3,(H2,51,68)(H,52,74)(H,53,77)(H,54,71)(H,55,69)(H,56,78)(H,57,75)(H,58,70)(H,59,76)/t22-,23+,25+,28+,29-,30+,31-,33+,40-,41-,81?/m0/s1. The van der Waals surface area contributed by atoms with Gasteiger partial charge in [0.15, 0.2) is 0 Å². The molecule has 81 heavy (non-hydrogen) atoms. The number of benzene rings is 1. The summed E-state index contributed by atoms with van der Waals surface area (Å²) in [6, 6.07) is -8.18. The Kier molecular flexibility index (Phi) is 19.5. The Bertz CT molecular complexity index is 2910. The number of aromatic amines is 1. The lowest BCUT2D eigenvalue weighted by atomic mass is 9.93. The molecule has 2 bridgehead atoms. The highest BCUT2D eigenvalue weighted by molar-refractivity contribution is 7.85. The molecule has 5 aliphatic heterocycles. The predicted molar refractivity (Wildman–Crippen MR) is 282 cm³/mol. The van der Waals surface area contributed by atoms with E-state index in [1.807, 2.05) is 0 Å². The monoisotopic (exact) mass is 1150 g/mol. The Morgan fingerprint density at radius 2 is 1.48 bits per heavy atom. The number of aromatic nitrogens is 1. The molecule has 30 nitrogen and oxygen atoms in total. The number of amides is 12. The number of aliphatic hydroxyl groups is 3. The lowest BCUT2D eigenvalue weighted by Gasteiger charge is -2.34. The topological polar surface area (TPSA) is 451 Å². The number of imide groups is 1. The van der Waals surface area contributed by atoms with Crippen LogP contribution in [0.5, 0.6) is 5.75 Å². The van der Waals surface area contributed by atoms with Gasteiger partial charge >= 0.3 is 0 Å². The Morgan fingerprint density at radius 1 is 0.827 bits per heavy atom. The molecule has 15 N–H and O–H groups in total. The molecule has 31 heteroatoms. The number of aromatic hydroxyl groups is 1. The van der Waals surface area contributed by atoms with Crippen molar-refractivity contribution in [3.05, 3.63) is 29.8 Å². The minimum Gasteiger partial charge on any atom is -0.506 e. The van der Waals surface area contributed by atoms with Crippen molar-refractivity contribution >= 4 is 98.3 Å². The normalized spacial score (nSPS) is 27.2. The van der Waals surface area contributed by atoms with Crippen molar-refractivity contribution in [2.24, 2.45) is 17.6 Å². The number of nitrogens with zero attached hydrogens (tertiary/aromatic N) is 3. The lowest BCUT2D eigenvalue weighted by Crippen LogP contribution is -2.62. The molecule has 2 saturated heterocycles. The molecule has 1 unspecified atom stereocenters. The van der Waals surface area contributed by atoms with Crippen LogP contribution in [0.2, 0.25) is 0 Å². The minimum atomic E-state index is -2.54. The van der Waals surface area contributed by atoms with Crippen molar-refractivity contribution in [2.45, 2.75) is 119 Å². The molecular weight excluding hydrogens is 1090 g/mol. The highest BCUT2D eigenvalue weighted by Crippen LogP contribution is 2.40. The van der Waals surface area contributed by atoms with Crippen LogP contribution in [0.3, 0.4) is 0 Å². The minimum absolute atomic E-state index is 0.00431. The van der Waals surface area contributed by atoms with Gasteiger partial charge in [-0.05, 0) is 36.5 Å². The van der Waals surface area contributed by atoms with E-state index < -0.39 is 206 Å². The van der Waals surface area contributed by atoms with Crippen molar-refractivity contribution < 1.29 is 82.2 Å². The van der Waals surface area contributed by atoms with Gasteiger partial charge in [-0.1, -0.05) is 27.2 Å². The van der Waals surface area contributed by atoms with Crippen molar-refractivity contribution in [2.75, 3.05) is 56.5 Å². The molecule has 0 saturated carbocycles. The van der Waals surface area contributed by atoms with Crippen LogP contribution in [0.1, 0.15) is 58.4 Å². The average molecular weight is 1150 g/mol. The van der Waals surface area contributed by atoms with Crippen LogP contribution in [0, 0.1) is 11.8 Å². The first-order chi connectivity index (χ1) is 38.4. The van der Waals surface area contributed by atoms with Crippen LogP contribution in [0.4, 0.5) is 5.69 Å². The smallest absolute Gasteiger partial charge is 0.254 e. The molecule has 0 aliphatic carbocycles. The van der Waals surface area contributed by atoms with Gasteiger partial charge in [0.2, 0.25) is 59.1 Å². The second kappa shape index (κ2) is 26.0. The molecular formula is C50H67N13O17S. The summed E-state index contributed by atoms with van der Waals surface area (Å²) in [7, 11) is -2.54. The number of phenols is 1. The zero-order valence-electron chi connectivity index (χ0n) is 44.5. The number of anilines is 1. The van der Waals surface area contributed by atoms with Gasteiger partial charge in [0, 0.05) is 62.0 Å². The second-order valence-corrected chi connectivity index (χ2v) is 22.1. The fourth-order valence-corrected chi connectivity index (χ4v) is 11.7. The summed E-state index contributed by atoms with van der Waals surface area (Å²) in [5.74, 6) is -14.6. The number of hydrogen-bond acceptors (Lipinski definition) is 18. The van der Waals surface area contributed by atoms with E-state index >= 15 is 4.21 Å². The van der Waals surface area contributed by atoms with Crippen molar-refractivity contribution in [3.8, 4) is 5.75 Å². The summed E-state index contributed by atoms with van der Waals surface area (Å²) in [6.45, 7) is 1.30. The number of nitrogens with two attached hydrogens (primary N) is 1. The largest absolute Gasteiger partial charge is 0.506 e. The summed E-state index contributed by atoms with van der Waals surface area (Å²) in [5.41, 5.74) is 5.78. The first-order valence-corrected chi connectivity index (χ1v) is 27.6. The number of piperidine rings is 1. The Morgan fingerprint density at radius 3 is 2.12 bits per heavy atom. The zero-order valence-corrected chi connectivity index (χ0v) is 45.3. The summed E-state index contributed by atoms with van der Waals surface area (Å²) >= 11 is 0. The SMILES string of the molecule is CC[C@H](C)[C@@H]1NC(=O)CNC(=O)[C@H]2Cc3c([nH]c4c(N5CCC(NC(=O)CN6C(=O)C=CC6=O)CC5)c(O)ccc34)S(=O)C[C@@H](NC(=O)CNC1=O)C(=O)N[C@@H](CC(N)=O)C(=O)N1C[C@H](O)C[C@H]1C(=O)N[C@@H]([C@H](C)[C@H](O)CO)C(=O)N2. The predicted octanol–water partition coefficient (Wildman–Crippen LogP) is -6.91. The maximum absolute atomic E-state index is 15.3. The number of H-pyrrole nitrogens is 1. The molecule has 1 aromatic heterocycles. The van der Waals surface area contributed by atoms with Gasteiger partial charge in [-0.15, -0.1) is 0 Å². The molecule has 7 rings (SSSR count). The summed E-state index contributed by atoms with van der Waals surface area (Å²) in [6.07, 6.45) is -2.13. The van der Waals surface area contributed by atoms with Crippen LogP contribution in [0.25, 0.3) is 10.9 Å². The summed E-state index contributed by atoms with van der Waals surface area (Å²) in [4.78, 5) is 170. The Hall–Kier alpha value is -8.03. The Labute approximate surface area is 464 Å². The van der Waals surface area contributed by atoms with E-state index in [0.717, 1.165) is 22.0 Å². The van der Waals surface area contributed by atoms with Gasteiger partial charge in [0.05, 0.1) is 60.4 Å². The number of rotatable bonds is 11. The maximum atomic E-state index is 15.3. The van der Waals surface area contributed by atoms with E-state index in [1.54, 1.807) is 18.7 Å². The number of primary amides is 1. The van der Waals surface area contributed by atoms with Gasteiger partial charge in [0.1, 0.15) is 59.3 Å². The quantitative estimate of drug-likeness (QED) is 0.0930. The van der Waals surface area contributed by atoms with Gasteiger partial charge < -0.3 is 83.5 Å². The first-order valence-electron chi connectivity index (χ1n) is 26.3. The van der Waals surface area contributed by atoms with E-state index in [9.17, 15) is 78.0 Å². The molecule has 11 atom stereocenters. The summed E-state index contributed by atoms with van der Waals surface area (Å²) in [5, 5.41) is 63.4. The molecule has 2 aromatic rings. The van der Waals surface area contributed by atoms with E-state index in [1.165, 1.54) is 19.1 Å². The number of carbonyl (C=O) groups is 12. The molecule has 0 spiro atoms. The second-order valence-electron chi connectivity index (χ2n) is 20.7. The van der Waals surface area contributed by atoms with Gasteiger partial charge in [-0.2, -0.15) is 0 Å². The van der Waals surface area contributed by atoms with E-state index in [-0.39, 0.29) is 58.9 Å². The molecule has 12 amide bonds. The zero-order chi connectivity index (χ0) is 59.1. The van der Waals surface area contributed by atoms with E-state index in [2.05, 4.69) is 47.5 Å². The van der Waals surface area contributed by atoms with Gasteiger partial charge in [-0.3, -0.25) is 66.6 Å². The molecule has 6 heterocycles. The van der Waals surface area contributed by atoms with Crippen LogP contribution < -0.4 is 53.2 Å². The lowest BCUT2D eigenvalue weighted by molar-refractivity contribution is -0.144. The van der Waals surface area contributed by atoms with Crippen LogP contribution in [0.15, 0.2) is 29.3 Å². The van der Waals surface area contributed by atoms with Crippen molar-refractivity contribution in [1.82, 2.24) is 57.3 Å². The molecule has 440 valence electrons. The van der Waals surface area contributed by atoms with Gasteiger partial charge in [-0.25, -0.2) is 0 Å². The molecule has 2 fully saturated rings. The third-order valence-electron chi connectivity index (χ3n) is 15.1. The number of carbonyl (C=O) groups excluding carboxylic acids is 12. The number of fused-ring (bicyclic) bond motifs is 5. The number of phenolic OH excluding ortho intramolecular Hbond substituents is 1. The average Bonchev–Trinajstić information content (AvgIpc) is 4.33. The van der Waals surface area contributed by atoms with Crippen molar-refractivity contribution in [1.29, 1.82) is 0 Å². The summed E-state index contributed by atoms with van der Waals surface area (Å²) < 4.78 is 15.3. The van der Waals surface area contributed by atoms with Crippen LogP contribution in [-0.2, 0) is 74.8 Å². The van der Waals surface area contributed by atoms with Crippen LogP contribution >= 0.6 is 0 Å². The van der Waals surface area contributed by atoms with Crippen LogP contribution in [-0.4, -0.2) is 216 Å². The van der Waals surface area contributed by atoms with E-state index in [0.29, 0.717) is 6.42 Å². The number of nitrogens with one attached hydrogen (secondary N) is 9. The maximum Gasteiger partial charge on any atom is 0.254 e. The third kappa shape index (κ3) is 14.1. The fourth-order valence-electron chi connectivity index (χ4n) is 10.3. The highest BCUT2D eigenvalue weighted by Gasteiger charge is 2.45. The fraction of sp³-hybridized carbons (Fsp3) is 0.560. The van der Waals surface area contributed by atoms with E-state index in [4.69, 9.17) is 5.73 Å². The molecule has 0 radical (unpaired) electrons. The highest BCUT2D eigenvalue weighted by atomic mass is 32.2. The third-order valence-corrected chi connectivity index (χ3v) is 16.5. The first kappa shape index (κ1) is 60.6. The Balaban J connectivity index is 1.37. The number of hydrogen-bond donors (Lipinski definition) is 14. The van der Waals surface area contributed by atoms with Crippen molar-refractivity contribution in [3.63, 3.8) is 0 Å². The molecule has 1 aromatic carbocycles. The number of aliphatic hydroxyl groups excluding tert-OH is 3.